The number of hydrogen-bond acceptors (Lipinski definition) is 4. The minimum atomic E-state index is -0.190. The predicted octanol–water partition coefficient (Wildman–Crippen LogP) is 3.34. The van der Waals surface area contributed by atoms with Crippen LogP contribution in [-0.4, -0.2) is 30.4 Å². The molecule has 1 heterocycles. The van der Waals surface area contributed by atoms with Crippen LogP contribution in [0.2, 0.25) is 0 Å². The number of hydrogen-bond donors (Lipinski definition) is 2. The Morgan fingerprint density at radius 1 is 1.35 bits per heavy atom. The molecule has 0 radical (unpaired) electrons. The molecule has 1 aliphatic rings. The fourth-order valence-electron chi connectivity index (χ4n) is 2.67. The Bertz CT molecular complexity index is 467. The Labute approximate surface area is 138 Å². The number of urea groups is 1. The highest BCUT2D eigenvalue weighted by Gasteiger charge is 2.13. The van der Waals surface area contributed by atoms with Gasteiger partial charge in [-0.1, -0.05) is 38.3 Å². The number of ether oxygens (including phenoxy) is 1. The molecule has 0 saturated heterocycles. The molecule has 130 valence electrons. The van der Waals surface area contributed by atoms with Crippen molar-refractivity contribution in [2.45, 2.75) is 70.9 Å². The highest BCUT2D eigenvalue weighted by Crippen LogP contribution is 2.20. The smallest absolute Gasteiger partial charge is 0.315 e. The van der Waals surface area contributed by atoms with Crippen molar-refractivity contribution in [3.8, 4) is 0 Å². The van der Waals surface area contributed by atoms with Crippen molar-refractivity contribution in [1.29, 1.82) is 0 Å². The average molecular weight is 323 g/mol. The molecule has 1 aromatic heterocycles. The van der Waals surface area contributed by atoms with Gasteiger partial charge in [0.1, 0.15) is 0 Å². The standard InChI is InChI=1S/C17H29N3O3/c1-13(2)16-11-15(23-20-16)12-19-17(21)18-9-6-10-22-14-7-4-3-5-8-14/h11,13-14H,3-10,12H2,1-2H3,(H2,18,19,21). The van der Waals surface area contributed by atoms with Crippen LogP contribution in [0, 0.1) is 0 Å². The van der Waals surface area contributed by atoms with E-state index in [9.17, 15) is 4.79 Å². The quantitative estimate of drug-likeness (QED) is 0.719. The summed E-state index contributed by atoms with van der Waals surface area (Å²) >= 11 is 0. The zero-order valence-electron chi connectivity index (χ0n) is 14.3. The Kier molecular flexibility index (Phi) is 7.39. The molecule has 2 rings (SSSR count). The number of rotatable bonds is 8. The second-order valence-corrected chi connectivity index (χ2v) is 6.47. The summed E-state index contributed by atoms with van der Waals surface area (Å²) in [6.07, 6.45) is 7.54. The first-order valence-corrected chi connectivity index (χ1v) is 8.74. The van der Waals surface area contributed by atoms with E-state index >= 15 is 0 Å². The number of nitrogens with one attached hydrogen (secondary N) is 2. The number of aromatic nitrogens is 1. The topological polar surface area (TPSA) is 76.4 Å². The maximum atomic E-state index is 11.7. The van der Waals surface area contributed by atoms with Gasteiger partial charge >= 0.3 is 6.03 Å². The zero-order chi connectivity index (χ0) is 16.5. The van der Waals surface area contributed by atoms with Gasteiger partial charge in [0.2, 0.25) is 0 Å². The molecule has 0 aliphatic heterocycles. The first kappa shape index (κ1) is 17.8. The molecule has 0 unspecified atom stereocenters. The van der Waals surface area contributed by atoms with Crippen molar-refractivity contribution in [3.63, 3.8) is 0 Å². The van der Waals surface area contributed by atoms with E-state index in [4.69, 9.17) is 9.26 Å². The normalized spacial score (nSPS) is 15.8. The molecule has 1 aliphatic carbocycles. The minimum absolute atomic E-state index is 0.190. The Morgan fingerprint density at radius 3 is 2.83 bits per heavy atom. The Hall–Kier alpha value is -1.56. The lowest BCUT2D eigenvalue weighted by Gasteiger charge is -2.21. The van der Waals surface area contributed by atoms with Crippen LogP contribution >= 0.6 is 0 Å². The molecule has 6 nitrogen and oxygen atoms in total. The van der Waals surface area contributed by atoms with Gasteiger partial charge in [-0.2, -0.15) is 0 Å². The van der Waals surface area contributed by atoms with E-state index in [2.05, 4.69) is 29.6 Å². The molecule has 0 bridgehead atoms. The molecule has 1 fully saturated rings. The number of carbonyl (C=O) groups is 1. The van der Waals surface area contributed by atoms with Crippen molar-refractivity contribution in [1.82, 2.24) is 15.8 Å². The number of nitrogens with zero attached hydrogens (tertiary/aromatic N) is 1. The molecular weight excluding hydrogens is 294 g/mol. The van der Waals surface area contributed by atoms with E-state index in [0.717, 1.165) is 12.1 Å². The first-order chi connectivity index (χ1) is 11.1. The van der Waals surface area contributed by atoms with E-state index < -0.39 is 0 Å². The van der Waals surface area contributed by atoms with Crippen LogP contribution in [0.3, 0.4) is 0 Å². The molecule has 2 amide bonds. The molecule has 1 saturated carbocycles. The van der Waals surface area contributed by atoms with Crippen molar-refractivity contribution >= 4 is 6.03 Å². The van der Waals surface area contributed by atoms with Gasteiger partial charge in [-0.3, -0.25) is 0 Å². The van der Waals surface area contributed by atoms with Crippen molar-refractivity contribution in [3.05, 3.63) is 17.5 Å². The predicted molar refractivity (Wildman–Crippen MR) is 88.3 cm³/mol. The second-order valence-electron chi connectivity index (χ2n) is 6.47. The fourth-order valence-corrected chi connectivity index (χ4v) is 2.67. The molecular formula is C17H29N3O3. The van der Waals surface area contributed by atoms with Gasteiger partial charge in [-0.25, -0.2) is 4.79 Å². The molecule has 0 atom stereocenters. The van der Waals surface area contributed by atoms with Gasteiger partial charge in [-0.05, 0) is 25.2 Å². The molecule has 1 aromatic rings. The van der Waals surface area contributed by atoms with Crippen LogP contribution in [0.15, 0.2) is 10.6 Å². The van der Waals surface area contributed by atoms with E-state index in [-0.39, 0.29) is 6.03 Å². The van der Waals surface area contributed by atoms with E-state index in [1.807, 2.05) is 6.07 Å². The fraction of sp³-hybridized carbons (Fsp3) is 0.765. The third kappa shape index (κ3) is 6.60. The Balaban J connectivity index is 1.51. The molecule has 6 heteroatoms. The lowest BCUT2D eigenvalue weighted by Crippen LogP contribution is -2.36. The third-order valence-corrected chi connectivity index (χ3v) is 4.10. The average Bonchev–Trinajstić information content (AvgIpc) is 3.03. The third-order valence-electron chi connectivity index (χ3n) is 4.10. The summed E-state index contributed by atoms with van der Waals surface area (Å²) < 4.78 is 11.0. The second kappa shape index (κ2) is 9.55. The molecule has 0 spiro atoms. The maximum Gasteiger partial charge on any atom is 0.315 e. The van der Waals surface area contributed by atoms with Crippen LogP contribution in [-0.2, 0) is 11.3 Å². The summed E-state index contributed by atoms with van der Waals surface area (Å²) in [5.41, 5.74) is 0.905. The largest absolute Gasteiger partial charge is 0.378 e. The lowest BCUT2D eigenvalue weighted by molar-refractivity contribution is 0.0275. The van der Waals surface area contributed by atoms with Crippen LogP contribution in [0.1, 0.15) is 69.7 Å². The van der Waals surface area contributed by atoms with Crippen LogP contribution < -0.4 is 10.6 Å². The SMILES string of the molecule is CC(C)c1cc(CNC(=O)NCCCOC2CCCCC2)on1. The maximum absolute atomic E-state index is 11.7. The van der Waals surface area contributed by atoms with Crippen molar-refractivity contribution < 1.29 is 14.1 Å². The zero-order valence-corrected chi connectivity index (χ0v) is 14.3. The molecule has 0 aromatic carbocycles. The van der Waals surface area contributed by atoms with Gasteiger partial charge in [0, 0.05) is 19.2 Å². The summed E-state index contributed by atoms with van der Waals surface area (Å²) in [6, 6.07) is 1.69. The van der Waals surface area contributed by atoms with Crippen LogP contribution in [0.25, 0.3) is 0 Å². The van der Waals surface area contributed by atoms with Gasteiger partial charge in [0.25, 0.3) is 0 Å². The van der Waals surface area contributed by atoms with E-state index in [0.29, 0.717) is 37.5 Å². The molecule has 23 heavy (non-hydrogen) atoms. The molecule has 2 N–H and O–H groups in total. The van der Waals surface area contributed by atoms with E-state index in [1.54, 1.807) is 0 Å². The van der Waals surface area contributed by atoms with Crippen LogP contribution in [0.5, 0.6) is 0 Å². The summed E-state index contributed by atoms with van der Waals surface area (Å²) in [6.45, 7) is 5.79. The van der Waals surface area contributed by atoms with Crippen molar-refractivity contribution in [2.75, 3.05) is 13.2 Å². The van der Waals surface area contributed by atoms with Gasteiger partial charge < -0.3 is 19.9 Å². The van der Waals surface area contributed by atoms with Gasteiger partial charge in [-0.15, -0.1) is 0 Å². The lowest BCUT2D eigenvalue weighted by atomic mass is 9.98. The monoisotopic (exact) mass is 323 g/mol. The van der Waals surface area contributed by atoms with E-state index in [1.165, 1.54) is 32.1 Å². The first-order valence-electron chi connectivity index (χ1n) is 8.74. The minimum Gasteiger partial charge on any atom is -0.378 e. The Morgan fingerprint density at radius 2 is 2.13 bits per heavy atom. The van der Waals surface area contributed by atoms with Gasteiger partial charge in [0.15, 0.2) is 5.76 Å². The highest BCUT2D eigenvalue weighted by atomic mass is 16.5. The van der Waals surface area contributed by atoms with Crippen LogP contribution in [0.4, 0.5) is 4.79 Å². The summed E-state index contributed by atoms with van der Waals surface area (Å²) in [4.78, 5) is 11.7. The van der Waals surface area contributed by atoms with Crippen molar-refractivity contribution in [2.24, 2.45) is 0 Å². The number of carbonyl (C=O) groups excluding carboxylic acids is 1. The number of amides is 2. The summed E-state index contributed by atoms with van der Waals surface area (Å²) in [5, 5.41) is 9.56. The van der Waals surface area contributed by atoms with Gasteiger partial charge in [0.05, 0.1) is 18.3 Å². The summed E-state index contributed by atoms with van der Waals surface area (Å²) in [5.74, 6) is 0.995. The summed E-state index contributed by atoms with van der Waals surface area (Å²) in [7, 11) is 0. The highest BCUT2D eigenvalue weighted by molar-refractivity contribution is 5.73.